The van der Waals surface area contributed by atoms with Crippen molar-refractivity contribution in [2.24, 2.45) is 0 Å². The summed E-state index contributed by atoms with van der Waals surface area (Å²) in [5, 5.41) is 8.76. The van der Waals surface area contributed by atoms with Crippen LogP contribution in [0.3, 0.4) is 0 Å². The number of hydrogen-bond donors (Lipinski definition) is 1. The largest absolute Gasteiger partial charge is 0.496 e. The minimum Gasteiger partial charge on any atom is -0.496 e. The van der Waals surface area contributed by atoms with Crippen LogP contribution in [-0.2, 0) is 4.79 Å². The standard InChI is InChI=1S/C16H16N4O3S/c1-10-9-24-16-18-15(19-20(10)16)17-14(22)8-7-12(21)11-5-3-4-6-13(11)23-2/h3-6,9H,7-8H2,1-2H3,(H,17,19,22). The molecule has 0 spiro atoms. The van der Waals surface area contributed by atoms with Crippen molar-refractivity contribution < 1.29 is 14.3 Å². The van der Waals surface area contributed by atoms with Gasteiger partial charge >= 0.3 is 0 Å². The van der Waals surface area contributed by atoms with Gasteiger partial charge in [0.25, 0.3) is 0 Å². The Kier molecular flexibility index (Phi) is 4.57. The van der Waals surface area contributed by atoms with Gasteiger partial charge in [0, 0.05) is 18.2 Å². The topological polar surface area (TPSA) is 85.6 Å². The molecule has 0 bridgehead atoms. The summed E-state index contributed by atoms with van der Waals surface area (Å²) >= 11 is 1.45. The number of carbonyl (C=O) groups is 2. The second kappa shape index (κ2) is 6.79. The van der Waals surface area contributed by atoms with E-state index < -0.39 is 0 Å². The molecule has 124 valence electrons. The molecule has 2 heterocycles. The molecular weight excluding hydrogens is 328 g/mol. The number of anilines is 1. The Hall–Kier alpha value is -2.74. The number of nitrogens with one attached hydrogen (secondary N) is 1. The van der Waals surface area contributed by atoms with Crippen LogP contribution in [0, 0.1) is 6.92 Å². The number of fused-ring (bicyclic) bond motifs is 1. The Morgan fingerprint density at radius 3 is 2.83 bits per heavy atom. The number of rotatable bonds is 6. The maximum Gasteiger partial charge on any atom is 0.250 e. The molecule has 1 amide bonds. The molecule has 0 unspecified atom stereocenters. The summed E-state index contributed by atoms with van der Waals surface area (Å²) in [6, 6.07) is 6.96. The van der Waals surface area contributed by atoms with Gasteiger partial charge in [-0.1, -0.05) is 12.1 Å². The van der Waals surface area contributed by atoms with E-state index in [1.54, 1.807) is 28.8 Å². The average molecular weight is 344 g/mol. The highest BCUT2D eigenvalue weighted by Gasteiger charge is 2.15. The quantitative estimate of drug-likeness (QED) is 0.695. The van der Waals surface area contributed by atoms with Crippen LogP contribution in [0.2, 0.25) is 0 Å². The molecule has 8 heteroatoms. The number of hydrogen-bond acceptors (Lipinski definition) is 6. The molecule has 1 aromatic carbocycles. The molecule has 2 aromatic heterocycles. The van der Waals surface area contributed by atoms with Crippen molar-refractivity contribution in [1.82, 2.24) is 14.6 Å². The number of ketones is 1. The lowest BCUT2D eigenvalue weighted by Gasteiger charge is -2.06. The van der Waals surface area contributed by atoms with Crippen LogP contribution in [0.5, 0.6) is 5.75 Å². The van der Waals surface area contributed by atoms with E-state index in [0.717, 1.165) is 5.69 Å². The molecule has 0 atom stereocenters. The molecule has 3 rings (SSSR count). The first kappa shape index (κ1) is 16.1. The Bertz CT molecular complexity index is 900. The van der Waals surface area contributed by atoms with Crippen molar-refractivity contribution in [3.05, 3.63) is 40.9 Å². The number of carbonyl (C=O) groups excluding carboxylic acids is 2. The van der Waals surface area contributed by atoms with E-state index in [9.17, 15) is 9.59 Å². The molecule has 0 fully saturated rings. The number of methoxy groups -OCH3 is 1. The van der Waals surface area contributed by atoms with Gasteiger partial charge < -0.3 is 4.74 Å². The predicted octanol–water partition coefficient (Wildman–Crippen LogP) is 2.71. The minimum atomic E-state index is -0.297. The van der Waals surface area contributed by atoms with Crippen LogP contribution in [0.4, 0.5) is 5.95 Å². The summed E-state index contributed by atoms with van der Waals surface area (Å²) in [5.41, 5.74) is 1.43. The normalized spacial score (nSPS) is 10.8. The molecule has 0 saturated carbocycles. The molecule has 0 aliphatic carbocycles. The van der Waals surface area contributed by atoms with E-state index in [2.05, 4.69) is 15.4 Å². The summed E-state index contributed by atoms with van der Waals surface area (Å²) in [4.78, 5) is 29.2. The van der Waals surface area contributed by atoms with Gasteiger partial charge in [-0.3, -0.25) is 14.9 Å². The Labute approximate surface area is 142 Å². The maximum atomic E-state index is 12.2. The lowest BCUT2D eigenvalue weighted by Crippen LogP contribution is -2.15. The molecule has 24 heavy (non-hydrogen) atoms. The first-order chi connectivity index (χ1) is 11.6. The number of amides is 1. The number of thiazole rings is 1. The summed E-state index contributed by atoms with van der Waals surface area (Å²) in [5.74, 6) is 0.320. The SMILES string of the molecule is COc1ccccc1C(=O)CCC(=O)Nc1nc2scc(C)n2n1. The maximum absolute atomic E-state index is 12.2. The molecule has 0 radical (unpaired) electrons. The van der Waals surface area contributed by atoms with Gasteiger partial charge in [-0.15, -0.1) is 16.4 Å². The fraction of sp³-hybridized carbons (Fsp3) is 0.250. The van der Waals surface area contributed by atoms with Crippen LogP contribution in [0.15, 0.2) is 29.6 Å². The van der Waals surface area contributed by atoms with Crippen molar-refractivity contribution in [2.75, 3.05) is 12.4 Å². The molecule has 0 saturated heterocycles. The lowest BCUT2D eigenvalue weighted by molar-refractivity contribution is -0.116. The molecule has 0 aliphatic heterocycles. The first-order valence-electron chi connectivity index (χ1n) is 7.35. The van der Waals surface area contributed by atoms with Crippen molar-refractivity contribution in [3.8, 4) is 5.75 Å². The lowest BCUT2D eigenvalue weighted by atomic mass is 10.1. The van der Waals surface area contributed by atoms with E-state index in [4.69, 9.17) is 4.74 Å². The van der Waals surface area contributed by atoms with Crippen LogP contribution < -0.4 is 10.1 Å². The average Bonchev–Trinajstić information content (AvgIpc) is 3.14. The number of aromatic nitrogens is 3. The molecule has 1 N–H and O–H groups in total. The fourth-order valence-electron chi connectivity index (χ4n) is 2.27. The summed E-state index contributed by atoms with van der Waals surface area (Å²) in [6.45, 7) is 1.91. The van der Waals surface area contributed by atoms with E-state index in [1.165, 1.54) is 18.4 Å². The van der Waals surface area contributed by atoms with Gasteiger partial charge in [-0.2, -0.15) is 4.98 Å². The number of ether oxygens (including phenoxy) is 1. The third kappa shape index (κ3) is 3.28. The smallest absolute Gasteiger partial charge is 0.250 e. The summed E-state index contributed by atoms with van der Waals surface area (Å²) < 4.78 is 6.83. The third-order valence-corrected chi connectivity index (χ3v) is 4.42. The van der Waals surface area contributed by atoms with E-state index in [0.29, 0.717) is 16.3 Å². The van der Waals surface area contributed by atoms with Gasteiger partial charge in [0.15, 0.2) is 5.78 Å². The zero-order valence-electron chi connectivity index (χ0n) is 13.3. The van der Waals surface area contributed by atoms with Crippen LogP contribution in [-0.4, -0.2) is 33.4 Å². The zero-order valence-corrected chi connectivity index (χ0v) is 14.1. The van der Waals surface area contributed by atoms with Crippen LogP contribution >= 0.6 is 11.3 Å². The van der Waals surface area contributed by atoms with Gasteiger partial charge in [-0.25, -0.2) is 4.52 Å². The summed E-state index contributed by atoms with van der Waals surface area (Å²) in [7, 11) is 1.51. The van der Waals surface area contributed by atoms with Crippen molar-refractivity contribution in [3.63, 3.8) is 0 Å². The molecule has 0 aliphatic rings. The highest BCUT2D eigenvalue weighted by atomic mass is 32.1. The number of para-hydroxylation sites is 1. The monoisotopic (exact) mass is 344 g/mol. The highest BCUT2D eigenvalue weighted by molar-refractivity contribution is 7.15. The van der Waals surface area contributed by atoms with Gasteiger partial charge in [0.1, 0.15) is 5.75 Å². The third-order valence-electron chi connectivity index (χ3n) is 3.48. The number of benzene rings is 1. The number of Topliss-reactive ketones (excluding diaryl/α,β-unsaturated/α-hetero) is 1. The van der Waals surface area contributed by atoms with Crippen LogP contribution in [0.25, 0.3) is 4.96 Å². The van der Waals surface area contributed by atoms with E-state index in [-0.39, 0.29) is 30.5 Å². The Morgan fingerprint density at radius 1 is 1.29 bits per heavy atom. The Balaban J connectivity index is 1.59. The minimum absolute atomic E-state index is 0.0583. The zero-order chi connectivity index (χ0) is 17.1. The predicted molar refractivity (Wildman–Crippen MR) is 90.8 cm³/mol. The van der Waals surface area contributed by atoms with Crippen molar-refractivity contribution >= 4 is 33.9 Å². The molecular formula is C16H16N4O3S. The van der Waals surface area contributed by atoms with Gasteiger partial charge in [-0.05, 0) is 19.1 Å². The Morgan fingerprint density at radius 2 is 2.08 bits per heavy atom. The molecule has 3 aromatic rings. The van der Waals surface area contributed by atoms with Crippen LogP contribution in [0.1, 0.15) is 28.9 Å². The second-order valence-corrected chi connectivity index (χ2v) is 6.02. The highest BCUT2D eigenvalue weighted by Crippen LogP contribution is 2.20. The van der Waals surface area contributed by atoms with Crippen molar-refractivity contribution in [1.29, 1.82) is 0 Å². The van der Waals surface area contributed by atoms with E-state index in [1.807, 2.05) is 12.3 Å². The fourth-order valence-corrected chi connectivity index (χ4v) is 3.07. The number of aryl methyl sites for hydroxylation is 1. The van der Waals surface area contributed by atoms with Crippen molar-refractivity contribution in [2.45, 2.75) is 19.8 Å². The summed E-state index contributed by atoms with van der Waals surface area (Å²) in [6.07, 6.45) is 0.149. The first-order valence-corrected chi connectivity index (χ1v) is 8.23. The molecule has 7 nitrogen and oxygen atoms in total. The van der Waals surface area contributed by atoms with E-state index >= 15 is 0 Å². The van der Waals surface area contributed by atoms with Gasteiger partial charge in [0.05, 0.1) is 18.4 Å². The second-order valence-electron chi connectivity index (χ2n) is 5.18. The number of nitrogens with zero attached hydrogens (tertiary/aromatic N) is 3. The van der Waals surface area contributed by atoms with Gasteiger partial charge in [0.2, 0.25) is 16.8 Å².